The maximum atomic E-state index is 12.1. The number of nitrogens with one attached hydrogen (secondary N) is 1. The van der Waals surface area contributed by atoms with Gasteiger partial charge in [-0.25, -0.2) is 0 Å². The van der Waals surface area contributed by atoms with E-state index in [0.29, 0.717) is 11.8 Å². The number of hydrogen-bond donors (Lipinski definition) is 1. The molecule has 1 amide bonds. The molecule has 3 rings (SSSR count). The molecule has 1 N–H and O–H groups in total. The van der Waals surface area contributed by atoms with E-state index in [4.69, 9.17) is 16.3 Å². The zero-order valence-electron chi connectivity index (χ0n) is 13.6. The first-order valence-electron chi connectivity index (χ1n) is 8.51. The maximum absolute atomic E-state index is 12.1. The van der Waals surface area contributed by atoms with E-state index in [0.717, 1.165) is 37.7 Å². The second-order valence-electron chi connectivity index (χ2n) is 6.74. The molecule has 1 aromatic rings. The molecule has 23 heavy (non-hydrogen) atoms. The quantitative estimate of drug-likeness (QED) is 0.832. The van der Waals surface area contributed by atoms with Gasteiger partial charge in [-0.3, -0.25) is 4.79 Å². The second kappa shape index (κ2) is 7.54. The smallest absolute Gasteiger partial charge is 0.248 e. The first kappa shape index (κ1) is 16.6. The number of amides is 1. The van der Waals surface area contributed by atoms with Crippen molar-refractivity contribution in [3.8, 4) is 0 Å². The molecule has 2 unspecified atom stereocenters. The van der Waals surface area contributed by atoms with Crippen LogP contribution in [-0.2, 0) is 9.53 Å². The Balaban J connectivity index is 1.39. The van der Waals surface area contributed by atoms with Crippen molar-refractivity contribution in [3.63, 3.8) is 0 Å². The Morgan fingerprint density at radius 2 is 2.04 bits per heavy atom. The zero-order valence-corrected chi connectivity index (χ0v) is 14.4. The fourth-order valence-electron chi connectivity index (χ4n) is 2.91. The standard InChI is InChI=1S/C18H25ClN2O2/c1-13(23-12-14-2-3-14)18(22)20-10-15-8-9-21(11-15)17-6-4-16(19)5-7-17/h4-7,13-15H,2-3,8-12H2,1H3,(H,20,22). The van der Waals surface area contributed by atoms with Crippen LogP contribution in [0.25, 0.3) is 0 Å². The first-order chi connectivity index (χ1) is 11.1. The molecule has 126 valence electrons. The Morgan fingerprint density at radius 1 is 1.30 bits per heavy atom. The monoisotopic (exact) mass is 336 g/mol. The lowest BCUT2D eigenvalue weighted by atomic mass is 10.1. The van der Waals surface area contributed by atoms with Crippen LogP contribution in [0.15, 0.2) is 24.3 Å². The predicted molar refractivity (Wildman–Crippen MR) is 92.9 cm³/mol. The highest BCUT2D eigenvalue weighted by Crippen LogP contribution is 2.29. The van der Waals surface area contributed by atoms with Crippen LogP contribution in [0.3, 0.4) is 0 Å². The van der Waals surface area contributed by atoms with E-state index < -0.39 is 0 Å². The van der Waals surface area contributed by atoms with Crippen LogP contribution in [0.1, 0.15) is 26.2 Å². The third kappa shape index (κ3) is 4.85. The topological polar surface area (TPSA) is 41.6 Å². The fraction of sp³-hybridized carbons (Fsp3) is 0.611. The molecule has 1 saturated heterocycles. The van der Waals surface area contributed by atoms with Crippen molar-refractivity contribution in [2.24, 2.45) is 11.8 Å². The summed E-state index contributed by atoms with van der Waals surface area (Å²) in [5.74, 6) is 1.19. The number of halogens is 1. The van der Waals surface area contributed by atoms with Gasteiger partial charge in [-0.2, -0.15) is 0 Å². The molecule has 0 spiro atoms. The highest BCUT2D eigenvalue weighted by atomic mass is 35.5. The average Bonchev–Trinajstić information content (AvgIpc) is 3.27. The molecule has 1 aliphatic heterocycles. The molecule has 0 radical (unpaired) electrons. The van der Waals surface area contributed by atoms with Gasteiger partial charge >= 0.3 is 0 Å². The van der Waals surface area contributed by atoms with Crippen LogP contribution in [-0.4, -0.2) is 38.3 Å². The largest absolute Gasteiger partial charge is 0.371 e. The van der Waals surface area contributed by atoms with Gasteiger partial charge in [0, 0.05) is 30.3 Å². The van der Waals surface area contributed by atoms with Crippen molar-refractivity contribution in [2.75, 3.05) is 31.1 Å². The Labute approximate surface area is 143 Å². The molecular formula is C18H25ClN2O2. The van der Waals surface area contributed by atoms with E-state index in [-0.39, 0.29) is 12.0 Å². The number of nitrogens with zero attached hydrogens (tertiary/aromatic N) is 1. The molecule has 0 bridgehead atoms. The number of hydrogen-bond acceptors (Lipinski definition) is 3. The SMILES string of the molecule is CC(OCC1CC1)C(=O)NCC1CCN(c2ccc(Cl)cc2)C1. The molecule has 1 heterocycles. The van der Waals surface area contributed by atoms with Crippen LogP contribution in [0.2, 0.25) is 5.02 Å². The van der Waals surface area contributed by atoms with Crippen molar-refractivity contribution in [3.05, 3.63) is 29.3 Å². The summed E-state index contributed by atoms with van der Waals surface area (Å²) in [5, 5.41) is 3.80. The average molecular weight is 337 g/mol. The number of rotatable bonds is 7. The summed E-state index contributed by atoms with van der Waals surface area (Å²) >= 11 is 5.93. The van der Waals surface area contributed by atoms with E-state index in [1.165, 1.54) is 18.5 Å². The summed E-state index contributed by atoms with van der Waals surface area (Å²) < 4.78 is 5.61. The second-order valence-corrected chi connectivity index (χ2v) is 7.18. The number of carbonyl (C=O) groups is 1. The van der Waals surface area contributed by atoms with Gasteiger partial charge in [0.25, 0.3) is 0 Å². The number of carbonyl (C=O) groups excluding carboxylic acids is 1. The van der Waals surface area contributed by atoms with E-state index in [1.807, 2.05) is 19.1 Å². The van der Waals surface area contributed by atoms with Crippen LogP contribution in [0.5, 0.6) is 0 Å². The molecule has 2 fully saturated rings. The molecule has 2 aliphatic rings. The number of anilines is 1. The first-order valence-corrected chi connectivity index (χ1v) is 8.89. The molecule has 0 aromatic heterocycles. The van der Waals surface area contributed by atoms with E-state index in [1.54, 1.807) is 0 Å². The van der Waals surface area contributed by atoms with Gasteiger partial charge in [0.15, 0.2) is 0 Å². The minimum absolute atomic E-state index is 0.00981. The molecule has 4 nitrogen and oxygen atoms in total. The van der Waals surface area contributed by atoms with Gasteiger partial charge in [0.2, 0.25) is 5.91 Å². The fourth-order valence-corrected chi connectivity index (χ4v) is 3.04. The highest BCUT2D eigenvalue weighted by Gasteiger charge is 2.26. The summed E-state index contributed by atoms with van der Waals surface area (Å²) in [4.78, 5) is 14.4. The van der Waals surface area contributed by atoms with E-state index in [2.05, 4.69) is 22.3 Å². The van der Waals surface area contributed by atoms with Gasteiger partial charge in [0.05, 0.1) is 6.61 Å². The van der Waals surface area contributed by atoms with Crippen LogP contribution < -0.4 is 10.2 Å². The molecule has 2 atom stereocenters. The summed E-state index contributed by atoms with van der Waals surface area (Å²) in [7, 11) is 0. The summed E-state index contributed by atoms with van der Waals surface area (Å²) in [6, 6.07) is 7.95. The minimum atomic E-state index is -0.343. The van der Waals surface area contributed by atoms with Crippen LogP contribution in [0.4, 0.5) is 5.69 Å². The molecule has 1 aromatic carbocycles. The lowest BCUT2D eigenvalue weighted by Crippen LogP contribution is -2.38. The zero-order chi connectivity index (χ0) is 16.2. The summed E-state index contributed by atoms with van der Waals surface area (Å²) in [6.45, 7) is 5.28. The van der Waals surface area contributed by atoms with Gasteiger partial charge in [0.1, 0.15) is 6.10 Å². The van der Waals surface area contributed by atoms with Gasteiger partial charge in [-0.05, 0) is 62.3 Å². The Kier molecular flexibility index (Phi) is 5.44. The number of benzene rings is 1. The van der Waals surface area contributed by atoms with Gasteiger partial charge in [-0.1, -0.05) is 11.6 Å². The van der Waals surface area contributed by atoms with Crippen molar-refractivity contribution in [1.82, 2.24) is 5.32 Å². The summed E-state index contributed by atoms with van der Waals surface area (Å²) in [6.07, 6.45) is 3.25. The Hall–Kier alpha value is -1.26. The van der Waals surface area contributed by atoms with Crippen molar-refractivity contribution in [2.45, 2.75) is 32.3 Å². The lowest BCUT2D eigenvalue weighted by Gasteiger charge is -2.19. The third-order valence-electron chi connectivity index (χ3n) is 4.69. The van der Waals surface area contributed by atoms with Crippen molar-refractivity contribution < 1.29 is 9.53 Å². The Morgan fingerprint density at radius 3 is 2.74 bits per heavy atom. The van der Waals surface area contributed by atoms with E-state index in [9.17, 15) is 4.79 Å². The van der Waals surface area contributed by atoms with E-state index >= 15 is 0 Å². The molecule has 5 heteroatoms. The maximum Gasteiger partial charge on any atom is 0.248 e. The van der Waals surface area contributed by atoms with Crippen LogP contribution in [0, 0.1) is 11.8 Å². The third-order valence-corrected chi connectivity index (χ3v) is 4.94. The minimum Gasteiger partial charge on any atom is -0.371 e. The lowest BCUT2D eigenvalue weighted by molar-refractivity contribution is -0.132. The predicted octanol–water partition coefficient (Wildman–Crippen LogP) is 3.10. The Bertz CT molecular complexity index is 530. The molecular weight excluding hydrogens is 312 g/mol. The highest BCUT2D eigenvalue weighted by molar-refractivity contribution is 6.30. The normalized spacial score (nSPS) is 22.2. The van der Waals surface area contributed by atoms with Gasteiger partial charge in [-0.15, -0.1) is 0 Å². The molecule has 1 saturated carbocycles. The molecule has 1 aliphatic carbocycles. The van der Waals surface area contributed by atoms with Crippen LogP contribution >= 0.6 is 11.6 Å². The van der Waals surface area contributed by atoms with Crippen molar-refractivity contribution >= 4 is 23.2 Å². The van der Waals surface area contributed by atoms with Gasteiger partial charge < -0.3 is 15.0 Å². The number of ether oxygens (including phenoxy) is 1. The summed E-state index contributed by atoms with van der Waals surface area (Å²) in [5.41, 5.74) is 1.20. The van der Waals surface area contributed by atoms with Crippen molar-refractivity contribution in [1.29, 1.82) is 0 Å².